The lowest BCUT2D eigenvalue weighted by atomic mass is 9.88. The first-order valence-electron chi connectivity index (χ1n) is 35.2. The SMILES string of the molecule is COc1ccc(C[C@@H]2NC(=O)[C@H]([C@@H](C)O)NC(=O)[C@@H]3[C@@H]4CCN3C(=O)[C@H]3CC(=O)[C@H](Cc5cccc(c5)CNC(=O)CO4)NC(=O)[C@@H](C[NH3+])NC(=O)[C@H](C)CC(=O)CCC(=O)N(CCCC=CCn4cc(c5cc(F)ccc54)C3)Cc3ccc(cc3)CCCC(=O)[C@]3(C)CCCN3C2=O)cc1.[CH3-]. The van der Waals surface area contributed by atoms with Crippen molar-refractivity contribution in [3.05, 3.63) is 156 Å². The van der Waals surface area contributed by atoms with Crippen molar-refractivity contribution < 1.29 is 77.4 Å². The highest BCUT2D eigenvalue weighted by atomic mass is 19.1. The summed E-state index contributed by atoms with van der Waals surface area (Å²) in [4.78, 5) is 167. The number of carbonyl (C=O) groups excluding carboxylic acids is 11. The number of benzene rings is 4. The predicted octanol–water partition coefficient (Wildman–Crippen LogP) is 4.06. The van der Waals surface area contributed by atoms with Gasteiger partial charge in [0.15, 0.2) is 17.6 Å². The molecule has 0 spiro atoms. The van der Waals surface area contributed by atoms with E-state index < -0.39 is 126 Å². The van der Waals surface area contributed by atoms with Crippen LogP contribution in [0.25, 0.3) is 10.9 Å². The standard InChI is InChI=1S/C76H93FN10O14.CH3/c1-46-34-56(89)23-27-67(93)85-31-8-6-5-7-30-84-44-54(58-40-55(77)22-26-62(58)84)38-53-39-63(90)59(80-71(95)61(41-78)82-70(46)94)37-51-13-9-14-52(35-51)42-79-66(92)45-101-64-28-33-86(74(53)98)69(64)73(97)83-68(47(2)88)72(96)81-60(36-49-20-24-57(100-4)25-21-49)75(99)87-32-11-29-76(87,3)65(91)15-10-12-48-16-18-50(43-85)19-17-48;/h5,7,9,13-14,16-22,24-26,35,40,44,46-47,53,59-61,64,68-69,88H,6,8,10-12,15,23,27-34,36-39,41-43,45,78H2,1-4H3,(H,79,92)(H,80,95)(H,81,96)(H,82,94)(H,83,97);1H3/q;-1/p+1/t46-,47-,53-,59+,60+,61-,64+,68+,69+,76+;/m1./s1. The summed E-state index contributed by atoms with van der Waals surface area (Å²) in [6.07, 6.45) is 4.08. The lowest BCUT2D eigenvalue weighted by Crippen LogP contribution is -2.65. The largest absolute Gasteiger partial charge is 0.497 e. The molecular formula is C77H97FN10O14. The number of aliphatic hydroxyl groups is 1. The minimum atomic E-state index is -1.80. The van der Waals surface area contributed by atoms with Crippen LogP contribution in [-0.4, -0.2) is 177 Å². The third-order valence-electron chi connectivity index (χ3n) is 20.3. The number of nitrogens with zero attached hydrogens (tertiary/aromatic N) is 4. The van der Waals surface area contributed by atoms with Crippen molar-refractivity contribution in [2.24, 2.45) is 11.8 Å². The number of ketones is 3. The Balaban J connectivity index is 0.0000121. The minimum absolute atomic E-state index is 0. The van der Waals surface area contributed by atoms with Gasteiger partial charge in [-0.15, -0.1) is 0 Å². The molecule has 4 aromatic carbocycles. The van der Waals surface area contributed by atoms with E-state index in [9.17, 15) is 33.9 Å². The third kappa shape index (κ3) is 19.0. The van der Waals surface area contributed by atoms with Crippen LogP contribution in [0.2, 0.25) is 0 Å². The van der Waals surface area contributed by atoms with Crippen LogP contribution in [0.5, 0.6) is 5.75 Å². The highest BCUT2D eigenvalue weighted by Crippen LogP contribution is 2.35. The van der Waals surface area contributed by atoms with Crippen molar-refractivity contribution >= 4 is 75.5 Å². The molecular weight excluding hydrogens is 1310 g/mol. The number of quaternary nitrogens is 1. The third-order valence-corrected chi connectivity index (χ3v) is 20.3. The molecule has 0 saturated carbocycles. The van der Waals surface area contributed by atoms with Crippen LogP contribution >= 0.6 is 0 Å². The van der Waals surface area contributed by atoms with E-state index in [2.05, 4.69) is 32.3 Å². The average Bonchev–Trinajstić information content (AvgIpc) is 1.60. The van der Waals surface area contributed by atoms with Gasteiger partial charge in [-0.05, 0) is 135 Å². The number of nitrogens with one attached hydrogen (secondary N) is 5. The first kappa shape index (κ1) is 76.7. The fraction of sp³-hybridized carbons (Fsp3) is 0.481. The van der Waals surface area contributed by atoms with Gasteiger partial charge in [-0.25, -0.2) is 4.39 Å². The van der Waals surface area contributed by atoms with E-state index in [4.69, 9.17) is 9.47 Å². The summed E-state index contributed by atoms with van der Waals surface area (Å²) in [5, 5.41) is 25.9. The Labute approximate surface area is 594 Å². The fourth-order valence-corrected chi connectivity index (χ4v) is 14.5. The number of methoxy groups -OCH3 is 1. The summed E-state index contributed by atoms with van der Waals surface area (Å²) in [6.45, 7) is 4.53. The van der Waals surface area contributed by atoms with Crippen molar-refractivity contribution in [3.8, 4) is 5.75 Å². The molecule has 11 rings (SSSR count). The molecule has 10 atom stereocenters. The molecule has 0 aliphatic carbocycles. The van der Waals surface area contributed by atoms with Crippen LogP contribution in [0.4, 0.5) is 4.39 Å². The lowest BCUT2D eigenvalue weighted by molar-refractivity contribution is -0.370. The van der Waals surface area contributed by atoms with Crippen LogP contribution in [0, 0.1) is 25.1 Å². The topological polar surface area (TPSA) is 329 Å². The second kappa shape index (κ2) is 34.9. The summed E-state index contributed by atoms with van der Waals surface area (Å²) in [7, 11) is 1.50. The number of Topliss-reactive ketones (excluding diaryl/α,β-unsaturated/α-hetero) is 3. The van der Waals surface area contributed by atoms with Gasteiger partial charge < -0.3 is 73.6 Å². The number of fused-ring (bicyclic) bond motifs is 16. The summed E-state index contributed by atoms with van der Waals surface area (Å²) >= 11 is 0. The van der Waals surface area contributed by atoms with Crippen LogP contribution in [0.1, 0.15) is 125 Å². The maximum atomic E-state index is 16.1. The maximum absolute atomic E-state index is 16.1. The fourth-order valence-electron chi connectivity index (χ4n) is 14.5. The monoisotopic (exact) mass is 1400 g/mol. The molecule has 8 amide bonds. The van der Waals surface area contributed by atoms with Gasteiger partial charge >= 0.3 is 0 Å². The van der Waals surface area contributed by atoms with Gasteiger partial charge in [-0.1, -0.05) is 79.7 Å². The zero-order valence-corrected chi connectivity index (χ0v) is 59.0. The van der Waals surface area contributed by atoms with Crippen molar-refractivity contribution in [1.29, 1.82) is 0 Å². The minimum Gasteiger partial charge on any atom is -0.497 e. The molecule has 24 nitrogen and oxygen atoms in total. The van der Waals surface area contributed by atoms with E-state index in [0.717, 1.165) is 11.1 Å². The number of aromatic nitrogens is 1. The molecule has 7 heterocycles. The molecule has 2 saturated heterocycles. The Morgan fingerprint density at radius 3 is 2.22 bits per heavy atom. The molecule has 2 fully saturated rings. The number of aryl methyl sites for hydroxylation is 1. The van der Waals surface area contributed by atoms with E-state index >= 15 is 28.4 Å². The average molecular weight is 1410 g/mol. The Kier molecular flexibility index (Phi) is 26.3. The number of ether oxygens (including phenoxy) is 2. The van der Waals surface area contributed by atoms with E-state index in [-0.39, 0.29) is 116 Å². The Morgan fingerprint density at radius 2 is 1.47 bits per heavy atom. The second-order valence-electron chi connectivity index (χ2n) is 27.7. The second-order valence-corrected chi connectivity index (χ2v) is 27.7. The van der Waals surface area contributed by atoms with E-state index in [1.807, 2.05) is 41.0 Å². The van der Waals surface area contributed by atoms with Gasteiger partial charge in [-0.3, -0.25) is 52.7 Å². The zero-order valence-electron chi connectivity index (χ0n) is 59.0. The number of halogens is 1. The van der Waals surface area contributed by atoms with Gasteiger partial charge in [0.05, 0.1) is 30.9 Å². The molecule has 0 unspecified atom stereocenters. The number of carbonyl (C=O) groups is 11. The Morgan fingerprint density at radius 1 is 0.725 bits per heavy atom. The van der Waals surface area contributed by atoms with E-state index in [1.54, 1.807) is 72.6 Å². The van der Waals surface area contributed by atoms with Gasteiger partial charge in [0, 0.05) is 107 Å². The molecule has 25 heteroatoms. The van der Waals surface area contributed by atoms with E-state index in [0.29, 0.717) is 84.0 Å². The number of amides is 8. The maximum Gasteiger partial charge on any atom is 0.249 e. The van der Waals surface area contributed by atoms with Crippen LogP contribution in [-0.2, 0) is 103 Å². The molecule has 6 aliphatic rings. The molecule has 6 aliphatic heterocycles. The van der Waals surface area contributed by atoms with Crippen LogP contribution in [0.3, 0.4) is 0 Å². The van der Waals surface area contributed by atoms with Crippen molar-refractivity contribution in [2.45, 2.75) is 185 Å². The lowest BCUT2D eigenvalue weighted by Gasteiger charge is -2.37. The van der Waals surface area contributed by atoms with Gasteiger partial charge in [0.2, 0.25) is 47.3 Å². The van der Waals surface area contributed by atoms with Crippen LogP contribution < -0.4 is 37.1 Å². The normalized spacial score (nSPS) is 26.0. The van der Waals surface area contributed by atoms with Crippen LogP contribution in [0.15, 0.2) is 109 Å². The van der Waals surface area contributed by atoms with Crippen molar-refractivity contribution in [2.75, 3.05) is 39.9 Å². The quantitative estimate of drug-likeness (QED) is 0.0965. The first-order valence-corrected chi connectivity index (χ1v) is 35.2. The summed E-state index contributed by atoms with van der Waals surface area (Å²) in [5.41, 5.74) is 7.20. The molecule has 546 valence electrons. The molecule has 1 aromatic heterocycles. The molecule has 12 bridgehead atoms. The van der Waals surface area contributed by atoms with E-state index in [1.165, 1.54) is 42.9 Å². The predicted molar refractivity (Wildman–Crippen MR) is 376 cm³/mol. The first-order chi connectivity index (χ1) is 48.5. The highest BCUT2D eigenvalue weighted by molar-refractivity contribution is 6.00. The molecule has 5 aromatic rings. The van der Waals surface area contributed by atoms with Gasteiger partial charge in [0.25, 0.3) is 0 Å². The van der Waals surface area contributed by atoms with Gasteiger partial charge in [0.1, 0.15) is 48.6 Å². The van der Waals surface area contributed by atoms with Gasteiger partial charge in [-0.2, -0.15) is 0 Å². The summed E-state index contributed by atoms with van der Waals surface area (Å²) in [5.74, 6) is -9.22. The molecule has 102 heavy (non-hydrogen) atoms. The summed E-state index contributed by atoms with van der Waals surface area (Å²) < 4.78 is 29.2. The number of allylic oxidation sites excluding steroid dienone is 2. The number of aliphatic hydroxyl groups excluding tert-OH is 1. The molecule has 0 radical (unpaired) electrons. The number of rotatable bonds is 5. The highest BCUT2D eigenvalue weighted by Gasteiger charge is 2.49. The summed E-state index contributed by atoms with van der Waals surface area (Å²) in [6, 6.07) is 18.2. The van der Waals surface area contributed by atoms with Crippen molar-refractivity contribution in [1.82, 2.24) is 45.9 Å². The Bertz CT molecular complexity index is 3930. The van der Waals surface area contributed by atoms with Crippen molar-refractivity contribution in [3.63, 3.8) is 0 Å². The number of hydrogen-bond acceptors (Lipinski definition) is 14. The Hall–Kier alpha value is -9.46. The smallest absolute Gasteiger partial charge is 0.249 e. The zero-order chi connectivity index (χ0) is 72.1. The molecule has 9 N–H and O–H groups in total. The number of hydrogen-bond donors (Lipinski definition) is 7.